The molecule has 1 heterocycles. The van der Waals surface area contributed by atoms with E-state index in [0.717, 1.165) is 6.92 Å². The van der Waals surface area contributed by atoms with Gasteiger partial charge in [0, 0.05) is 5.41 Å². The molecule has 0 radical (unpaired) electrons. The molecule has 0 aromatic heterocycles. The fraction of sp³-hybridized carbons (Fsp3) is 0.857. The van der Waals surface area contributed by atoms with Crippen LogP contribution in [0.25, 0.3) is 0 Å². The molecule has 11 heteroatoms. The molecule has 1 N–H and O–H groups in total. The standard InChI is InChI=1S/C14H21F3O7S/c1-6-12(4)9(18)24-13(5,11(12,2)3)10(19)23-8(14(15,16)17)7-25(20,21)22/h8H,6-7H2,1-5H3,(H,20,21,22). The first-order valence-electron chi connectivity index (χ1n) is 7.39. The zero-order valence-corrected chi connectivity index (χ0v) is 15.2. The molecule has 1 aliphatic rings. The summed E-state index contributed by atoms with van der Waals surface area (Å²) < 4.78 is 78.5. The van der Waals surface area contributed by atoms with Crippen molar-refractivity contribution in [2.45, 2.75) is 58.9 Å². The normalized spacial score (nSPS) is 30.7. The van der Waals surface area contributed by atoms with Gasteiger partial charge < -0.3 is 9.47 Å². The Morgan fingerprint density at radius 1 is 1.28 bits per heavy atom. The Hall–Kier alpha value is -1.36. The van der Waals surface area contributed by atoms with Crippen LogP contribution >= 0.6 is 0 Å². The van der Waals surface area contributed by atoms with E-state index < -0.39 is 56.5 Å². The molecule has 3 atom stereocenters. The maximum Gasteiger partial charge on any atom is 0.426 e. The lowest BCUT2D eigenvalue weighted by molar-refractivity contribution is -0.228. The highest BCUT2D eigenvalue weighted by Gasteiger charge is 2.69. The topological polar surface area (TPSA) is 107 Å². The Labute approximate surface area is 143 Å². The van der Waals surface area contributed by atoms with Crippen molar-refractivity contribution >= 4 is 22.1 Å². The molecule has 1 fully saturated rings. The molecule has 0 aromatic rings. The predicted octanol–water partition coefficient (Wildman–Crippen LogP) is 2.11. The number of halogens is 3. The summed E-state index contributed by atoms with van der Waals surface area (Å²) in [4.78, 5) is 24.6. The summed E-state index contributed by atoms with van der Waals surface area (Å²) in [7, 11) is -5.07. The van der Waals surface area contributed by atoms with Crippen molar-refractivity contribution < 1.29 is 45.2 Å². The van der Waals surface area contributed by atoms with Crippen molar-refractivity contribution in [1.82, 2.24) is 0 Å². The molecule has 0 bridgehead atoms. The van der Waals surface area contributed by atoms with Gasteiger partial charge in [0.1, 0.15) is 5.75 Å². The van der Waals surface area contributed by atoms with Gasteiger partial charge in [-0.15, -0.1) is 0 Å². The van der Waals surface area contributed by atoms with Gasteiger partial charge in [0.15, 0.2) is 0 Å². The van der Waals surface area contributed by atoms with E-state index in [0.29, 0.717) is 0 Å². The summed E-state index contributed by atoms with van der Waals surface area (Å²) >= 11 is 0. The minimum atomic E-state index is -5.23. The zero-order valence-electron chi connectivity index (χ0n) is 14.4. The summed E-state index contributed by atoms with van der Waals surface area (Å²) in [6, 6.07) is 0. The predicted molar refractivity (Wildman–Crippen MR) is 79.0 cm³/mol. The second kappa shape index (κ2) is 6.11. The molecular formula is C14H21F3O7S. The van der Waals surface area contributed by atoms with Gasteiger partial charge in [-0.2, -0.15) is 21.6 Å². The van der Waals surface area contributed by atoms with Crippen LogP contribution in [0.1, 0.15) is 41.0 Å². The maximum atomic E-state index is 12.9. The molecule has 7 nitrogen and oxygen atoms in total. The van der Waals surface area contributed by atoms with Crippen molar-refractivity contribution in [2.24, 2.45) is 10.8 Å². The number of carbonyl (C=O) groups is 2. The molecule has 1 saturated heterocycles. The molecular weight excluding hydrogens is 369 g/mol. The van der Waals surface area contributed by atoms with Gasteiger partial charge in [-0.1, -0.05) is 20.8 Å². The van der Waals surface area contributed by atoms with Gasteiger partial charge in [0.2, 0.25) is 11.7 Å². The lowest BCUT2D eigenvalue weighted by atomic mass is 9.60. The Morgan fingerprint density at radius 3 is 2.08 bits per heavy atom. The third kappa shape index (κ3) is 3.62. The number of carbonyl (C=O) groups excluding carboxylic acids is 2. The van der Waals surface area contributed by atoms with Gasteiger partial charge >= 0.3 is 18.1 Å². The monoisotopic (exact) mass is 390 g/mol. The smallest absolute Gasteiger partial charge is 0.426 e. The van der Waals surface area contributed by atoms with E-state index in [9.17, 15) is 31.2 Å². The molecule has 0 spiro atoms. The van der Waals surface area contributed by atoms with Gasteiger partial charge in [-0.3, -0.25) is 9.35 Å². The van der Waals surface area contributed by atoms with Crippen molar-refractivity contribution in [2.75, 3.05) is 5.75 Å². The van der Waals surface area contributed by atoms with Crippen LogP contribution in [0.5, 0.6) is 0 Å². The van der Waals surface area contributed by atoms with Crippen LogP contribution in [0.15, 0.2) is 0 Å². The number of ether oxygens (including phenoxy) is 2. The largest absolute Gasteiger partial charge is 0.449 e. The van der Waals surface area contributed by atoms with Crippen LogP contribution in [-0.2, 0) is 29.2 Å². The summed E-state index contributed by atoms with van der Waals surface area (Å²) in [6.45, 7) is 7.27. The first-order chi connectivity index (χ1) is 10.9. The number of hydrogen-bond acceptors (Lipinski definition) is 6. The Bertz CT molecular complexity index is 670. The molecule has 1 aliphatic heterocycles. The lowest BCUT2D eigenvalue weighted by Crippen LogP contribution is -2.54. The lowest BCUT2D eigenvalue weighted by Gasteiger charge is -2.40. The summed E-state index contributed by atoms with van der Waals surface area (Å²) in [5, 5.41) is 0. The molecule has 1 rings (SSSR count). The van der Waals surface area contributed by atoms with Gasteiger partial charge in [-0.25, -0.2) is 4.79 Å². The average molecular weight is 390 g/mol. The summed E-state index contributed by atoms with van der Waals surface area (Å²) in [5.41, 5.74) is -4.45. The zero-order chi connectivity index (χ0) is 20.1. The Morgan fingerprint density at radius 2 is 1.76 bits per heavy atom. The third-order valence-corrected chi connectivity index (χ3v) is 6.12. The van der Waals surface area contributed by atoms with Gasteiger partial charge in [-0.05, 0) is 20.3 Å². The van der Waals surface area contributed by atoms with Crippen molar-refractivity contribution in [3.8, 4) is 0 Å². The first kappa shape index (κ1) is 21.7. The SMILES string of the molecule is CCC1(C)C(=O)OC(C)(C(=O)OC(CS(=O)(=O)O)C(F)(F)F)C1(C)C. The average Bonchev–Trinajstić information content (AvgIpc) is 2.54. The Balaban J connectivity index is 3.23. The van der Waals surface area contributed by atoms with Crippen molar-refractivity contribution in [3.05, 3.63) is 0 Å². The van der Waals surface area contributed by atoms with Crippen LogP contribution in [-0.4, -0.2) is 48.5 Å². The van der Waals surface area contributed by atoms with Gasteiger partial charge in [0.25, 0.3) is 10.1 Å². The van der Waals surface area contributed by atoms with Crippen molar-refractivity contribution in [1.29, 1.82) is 0 Å². The van der Waals surface area contributed by atoms with Crippen LogP contribution in [0.3, 0.4) is 0 Å². The molecule has 0 aromatic carbocycles. The van der Waals surface area contributed by atoms with E-state index in [1.165, 1.54) is 20.8 Å². The third-order valence-electron chi connectivity index (χ3n) is 5.39. The number of esters is 2. The molecule has 3 unspecified atom stereocenters. The highest BCUT2D eigenvalue weighted by Crippen LogP contribution is 2.57. The fourth-order valence-corrected chi connectivity index (χ4v) is 3.36. The van der Waals surface area contributed by atoms with Gasteiger partial charge in [0.05, 0.1) is 5.41 Å². The number of hydrogen-bond donors (Lipinski definition) is 1. The van der Waals surface area contributed by atoms with E-state index in [1.807, 2.05) is 0 Å². The first-order valence-corrected chi connectivity index (χ1v) is 8.99. The van der Waals surface area contributed by atoms with Crippen LogP contribution in [0, 0.1) is 10.8 Å². The highest BCUT2D eigenvalue weighted by molar-refractivity contribution is 7.85. The van der Waals surface area contributed by atoms with E-state index >= 15 is 0 Å². The molecule has 0 amide bonds. The van der Waals surface area contributed by atoms with E-state index in [-0.39, 0.29) is 6.42 Å². The highest BCUT2D eigenvalue weighted by atomic mass is 32.2. The number of alkyl halides is 3. The summed E-state index contributed by atoms with van der Waals surface area (Å²) in [6.07, 6.45) is -8.06. The molecule has 146 valence electrons. The molecule has 25 heavy (non-hydrogen) atoms. The summed E-state index contributed by atoms with van der Waals surface area (Å²) in [5.74, 6) is -4.15. The number of rotatable bonds is 5. The molecule has 0 aliphatic carbocycles. The van der Waals surface area contributed by atoms with E-state index in [4.69, 9.17) is 9.29 Å². The minimum Gasteiger partial charge on any atom is -0.449 e. The van der Waals surface area contributed by atoms with E-state index in [1.54, 1.807) is 6.92 Å². The Kier molecular flexibility index (Phi) is 5.30. The van der Waals surface area contributed by atoms with Crippen LogP contribution < -0.4 is 0 Å². The van der Waals surface area contributed by atoms with Crippen LogP contribution in [0.4, 0.5) is 13.2 Å². The minimum absolute atomic E-state index is 0.259. The quantitative estimate of drug-likeness (QED) is 0.566. The fourth-order valence-electron chi connectivity index (χ4n) is 2.72. The second-order valence-electron chi connectivity index (χ2n) is 6.92. The maximum absolute atomic E-state index is 12.9. The van der Waals surface area contributed by atoms with E-state index in [2.05, 4.69) is 4.74 Å². The van der Waals surface area contributed by atoms with Crippen molar-refractivity contribution in [3.63, 3.8) is 0 Å². The van der Waals surface area contributed by atoms with Crippen LogP contribution in [0.2, 0.25) is 0 Å². The molecule has 0 saturated carbocycles. The second-order valence-corrected chi connectivity index (χ2v) is 8.41. The number of cyclic esters (lactones) is 1.